The number of anilines is 2. The van der Waals surface area contributed by atoms with E-state index in [1.54, 1.807) is 0 Å². The molecule has 0 spiro atoms. The van der Waals surface area contributed by atoms with E-state index >= 15 is 0 Å². The van der Waals surface area contributed by atoms with Gasteiger partial charge in [0.1, 0.15) is 9.88 Å². The molecule has 0 saturated heterocycles. The summed E-state index contributed by atoms with van der Waals surface area (Å²) in [5.41, 5.74) is 11.7. The molecule has 1 aromatic heterocycles. The Hall–Kier alpha value is -1.80. The van der Waals surface area contributed by atoms with Crippen molar-refractivity contribution in [3.63, 3.8) is 0 Å². The Morgan fingerprint density at radius 1 is 1.24 bits per heavy atom. The number of nitrogens with zero attached hydrogens (tertiary/aromatic N) is 2. The number of amides is 2. The van der Waals surface area contributed by atoms with Crippen molar-refractivity contribution in [2.45, 2.75) is 6.92 Å². The molecule has 2 amide bonds. The molecule has 0 radical (unpaired) electrons. The van der Waals surface area contributed by atoms with Gasteiger partial charge in [-0.3, -0.25) is 9.59 Å². The van der Waals surface area contributed by atoms with E-state index in [1.807, 2.05) is 37.9 Å². The van der Waals surface area contributed by atoms with Crippen LogP contribution in [0.1, 0.15) is 27.0 Å². The Morgan fingerprint density at radius 2 is 1.86 bits per heavy atom. The number of rotatable bonds is 7. The molecular weight excluding hydrogens is 290 g/mol. The minimum atomic E-state index is -0.619. The second-order valence-electron chi connectivity index (χ2n) is 4.97. The van der Waals surface area contributed by atoms with Crippen molar-refractivity contribution < 1.29 is 9.59 Å². The summed E-state index contributed by atoms with van der Waals surface area (Å²) in [6.07, 6.45) is 0. The predicted octanol–water partition coefficient (Wildman–Crippen LogP) is 0.177. The molecule has 0 fully saturated rings. The van der Waals surface area contributed by atoms with E-state index in [4.69, 9.17) is 11.5 Å². The van der Waals surface area contributed by atoms with Crippen molar-refractivity contribution >= 4 is 33.8 Å². The van der Waals surface area contributed by atoms with Gasteiger partial charge in [0, 0.05) is 26.7 Å². The molecule has 0 bridgehead atoms. The monoisotopic (exact) mass is 313 g/mol. The van der Waals surface area contributed by atoms with Crippen LogP contribution in [0.2, 0.25) is 0 Å². The lowest BCUT2D eigenvalue weighted by atomic mass is 10.2. The van der Waals surface area contributed by atoms with Crippen LogP contribution in [0.25, 0.3) is 0 Å². The first kappa shape index (κ1) is 17.3. The number of nitrogen functional groups attached to an aromatic ring is 1. The maximum Gasteiger partial charge on any atom is 0.263 e. The number of carbonyl (C=O) groups is 2. The van der Waals surface area contributed by atoms with Gasteiger partial charge in [-0.05, 0) is 21.0 Å². The highest BCUT2D eigenvalue weighted by Gasteiger charge is 2.25. The Bertz CT molecular complexity index is 527. The van der Waals surface area contributed by atoms with Gasteiger partial charge in [0.15, 0.2) is 0 Å². The van der Waals surface area contributed by atoms with E-state index in [9.17, 15) is 9.59 Å². The van der Waals surface area contributed by atoms with Crippen LogP contribution < -0.4 is 21.7 Å². The van der Waals surface area contributed by atoms with Gasteiger partial charge in [-0.15, -0.1) is 11.3 Å². The Kier molecular flexibility index (Phi) is 5.98. The third-order valence-electron chi connectivity index (χ3n) is 2.95. The molecular formula is C13H23N5O2S. The normalized spacial score (nSPS) is 10.7. The molecule has 0 aliphatic heterocycles. The summed E-state index contributed by atoms with van der Waals surface area (Å²) in [4.78, 5) is 27.9. The van der Waals surface area contributed by atoms with E-state index in [2.05, 4.69) is 5.32 Å². The Labute approximate surface area is 128 Å². The van der Waals surface area contributed by atoms with E-state index in [0.717, 1.165) is 6.54 Å². The van der Waals surface area contributed by atoms with Crippen LogP contribution in [-0.2, 0) is 0 Å². The van der Waals surface area contributed by atoms with Crippen LogP contribution in [0.15, 0.2) is 0 Å². The first-order valence-electron chi connectivity index (χ1n) is 6.65. The van der Waals surface area contributed by atoms with Crippen LogP contribution in [0.3, 0.4) is 0 Å². The number of primary amides is 1. The lowest BCUT2D eigenvalue weighted by molar-refractivity contribution is 0.0960. The Balaban J connectivity index is 3.15. The zero-order valence-corrected chi connectivity index (χ0v) is 13.7. The SMILES string of the molecule is CCNC(=O)c1sc(N(C)CCN(C)C)c(C(N)=O)c1N. The van der Waals surface area contributed by atoms with Crippen LogP contribution in [0.4, 0.5) is 10.7 Å². The lowest BCUT2D eigenvalue weighted by Gasteiger charge is -2.20. The zero-order chi connectivity index (χ0) is 16.2. The molecule has 0 aliphatic carbocycles. The topological polar surface area (TPSA) is 105 Å². The summed E-state index contributed by atoms with van der Waals surface area (Å²) in [5, 5.41) is 3.31. The highest BCUT2D eigenvalue weighted by molar-refractivity contribution is 7.19. The van der Waals surface area contributed by atoms with Crippen LogP contribution in [-0.4, -0.2) is 57.5 Å². The first-order valence-corrected chi connectivity index (χ1v) is 7.47. The summed E-state index contributed by atoms with van der Waals surface area (Å²) in [5.74, 6) is -0.902. The fourth-order valence-electron chi connectivity index (χ4n) is 1.80. The molecule has 118 valence electrons. The second-order valence-corrected chi connectivity index (χ2v) is 5.97. The standard InChI is InChI=1S/C13H23N5O2S/c1-5-16-12(20)10-9(14)8(11(15)19)13(21-10)18(4)7-6-17(2)3/h5-7,14H2,1-4H3,(H2,15,19)(H,16,20). The quantitative estimate of drug-likeness (QED) is 0.666. The largest absolute Gasteiger partial charge is 0.397 e. The molecule has 21 heavy (non-hydrogen) atoms. The molecule has 1 aromatic rings. The third kappa shape index (κ3) is 4.08. The highest BCUT2D eigenvalue weighted by Crippen LogP contribution is 2.37. The maximum atomic E-state index is 12.0. The molecule has 0 atom stereocenters. The van der Waals surface area contributed by atoms with Gasteiger partial charge in [-0.25, -0.2) is 0 Å². The number of nitrogens with two attached hydrogens (primary N) is 2. The zero-order valence-electron chi connectivity index (χ0n) is 12.9. The molecule has 0 unspecified atom stereocenters. The van der Waals surface area contributed by atoms with E-state index in [1.165, 1.54) is 11.3 Å². The lowest BCUT2D eigenvalue weighted by Crippen LogP contribution is -2.29. The number of hydrogen-bond acceptors (Lipinski definition) is 6. The Morgan fingerprint density at radius 3 is 2.33 bits per heavy atom. The first-order chi connectivity index (χ1) is 9.79. The van der Waals surface area contributed by atoms with Crippen molar-refractivity contribution in [1.29, 1.82) is 0 Å². The van der Waals surface area contributed by atoms with E-state index < -0.39 is 5.91 Å². The van der Waals surface area contributed by atoms with Crippen molar-refractivity contribution in [1.82, 2.24) is 10.2 Å². The molecule has 5 N–H and O–H groups in total. The average Bonchev–Trinajstić information content (AvgIpc) is 2.74. The predicted molar refractivity (Wildman–Crippen MR) is 87.1 cm³/mol. The second kappa shape index (κ2) is 7.28. The molecule has 0 aromatic carbocycles. The average molecular weight is 313 g/mol. The van der Waals surface area contributed by atoms with Crippen LogP contribution >= 0.6 is 11.3 Å². The van der Waals surface area contributed by atoms with Gasteiger partial charge in [0.05, 0.1) is 11.3 Å². The fraction of sp³-hybridized carbons (Fsp3) is 0.538. The highest BCUT2D eigenvalue weighted by atomic mass is 32.1. The van der Waals surface area contributed by atoms with Gasteiger partial charge in [-0.1, -0.05) is 0 Å². The molecule has 0 aliphatic rings. The van der Waals surface area contributed by atoms with Gasteiger partial charge >= 0.3 is 0 Å². The molecule has 0 saturated carbocycles. The molecule has 1 rings (SSSR count). The van der Waals surface area contributed by atoms with E-state index in [-0.39, 0.29) is 17.2 Å². The van der Waals surface area contributed by atoms with Gasteiger partial charge in [0.2, 0.25) is 0 Å². The fourth-order valence-corrected chi connectivity index (χ4v) is 2.93. The van der Waals surface area contributed by atoms with Gasteiger partial charge < -0.3 is 26.6 Å². The molecule has 7 nitrogen and oxygen atoms in total. The summed E-state index contributed by atoms with van der Waals surface area (Å²) in [6, 6.07) is 0. The number of nitrogens with one attached hydrogen (secondary N) is 1. The van der Waals surface area contributed by atoms with Crippen LogP contribution in [0.5, 0.6) is 0 Å². The maximum absolute atomic E-state index is 12.0. The van der Waals surface area contributed by atoms with E-state index in [0.29, 0.717) is 23.0 Å². The summed E-state index contributed by atoms with van der Waals surface area (Å²) < 4.78 is 0. The molecule has 1 heterocycles. The minimum Gasteiger partial charge on any atom is -0.397 e. The summed E-state index contributed by atoms with van der Waals surface area (Å²) in [7, 11) is 5.78. The smallest absolute Gasteiger partial charge is 0.263 e. The number of hydrogen-bond donors (Lipinski definition) is 3. The molecule has 8 heteroatoms. The summed E-state index contributed by atoms with van der Waals surface area (Å²) >= 11 is 1.19. The third-order valence-corrected chi connectivity index (χ3v) is 4.26. The van der Waals surface area contributed by atoms with Crippen molar-refractivity contribution in [2.24, 2.45) is 5.73 Å². The van der Waals surface area contributed by atoms with Crippen molar-refractivity contribution in [3.8, 4) is 0 Å². The van der Waals surface area contributed by atoms with Crippen molar-refractivity contribution in [2.75, 3.05) is 51.4 Å². The number of carbonyl (C=O) groups excluding carboxylic acids is 2. The van der Waals surface area contributed by atoms with Crippen molar-refractivity contribution in [3.05, 3.63) is 10.4 Å². The number of thiophene rings is 1. The minimum absolute atomic E-state index is 0.158. The summed E-state index contributed by atoms with van der Waals surface area (Å²) in [6.45, 7) is 3.82. The van der Waals surface area contributed by atoms with Gasteiger partial charge in [-0.2, -0.15) is 0 Å². The number of likely N-dealkylation sites (N-methyl/N-ethyl adjacent to an activating group) is 2. The van der Waals surface area contributed by atoms with Gasteiger partial charge in [0.25, 0.3) is 11.8 Å². The van der Waals surface area contributed by atoms with Crippen LogP contribution in [0, 0.1) is 0 Å².